The van der Waals surface area contributed by atoms with Gasteiger partial charge in [0, 0.05) is 5.56 Å². The molecule has 0 saturated carbocycles. The van der Waals surface area contributed by atoms with Gasteiger partial charge >= 0.3 is 0 Å². The molecule has 13 heteroatoms. The monoisotopic (exact) mass is 786 g/mol. The first-order valence-electron chi connectivity index (χ1n) is 19.0. The van der Waals surface area contributed by atoms with Crippen LogP contribution in [0.5, 0.6) is 11.5 Å². The Labute approximate surface area is 334 Å². The number of amides is 1. The Morgan fingerprint density at radius 3 is 1.93 bits per heavy atom. The summed E-state index contributed by atoms with van der Waals surface area (Å²) >= 11 is 0. The molecule has 296 valence electrons. The first kappa shape index (κ1) is 39.8. The zero-order valence-electron chi connectivity index (χ0n) is 33.4. The molecule has 3 heterocycles. The van der Waals surface area contributed by atoms with E-state index in [2.05, 4.69) is 66.3 Å². The Bertz CT molecular complexity index is 2230. The van der Waals surface area contributed by atoms with Crippen LogP contribution in [0, 0.1) is 0 Å². The molecular weight excluding hydrogens is 737 g/mol. The number of carbonyl (C=O) groups excluding carboxylic acids is 1. The number of ether oxygens (including phenoxy) is 4. The van der Waals surface area contributed by atoms with Gasteiger partial charge in [0.1, 0.15) is 35.6 Å². The number of aromatic nitrogens is 4. The van der Waals surface area contributed by atoms with Crippen molar-refractivity contribution in [3.05, 3.63) is 144 Å². The number of fused-ring (bicyclic) bond motifs is 1. The number of hydrogen-bond acceptors (Lipinski definition) is 10. The van der Waals surface area contributed by atoms with Gasteiger partial charge in [-0.25, -0.2) is 15.0 Å². The number of nitrogens with zero attached hydrogens (tertiary/aromatic N) is 4. The number of benzene rings is 4. The summed E-state index contributed by atoms with van der Waals surface area (Å²) in [5.41, 5.74) is 10.2. The van der Waals surface area contributed by atoms with Crippen molar-refractivity contribution in [3.63, 3.8) is 0 Å². The lowest BCUT2D eigenvalue weighted by molar-refractivity contribution is -0.0851. The van der Waals surface area contributed by atoms with Gasteiger partial charge in [-0.2, -0.15) is 0 Å². The summed E-state index contributed by atoms with van der Waals surface area (Å²) in [7, 11) is 0.877. The molecule has 4 atom stereocenters. The second-order valence-electron chi connectivity index (χ2n) is 15.7. The topological polar surface area (TPSA) is 145 Å². The van der Waals surface area contributed by atoms with Gasteiger partial charge in [0.05, 0.1) is 33.2 Å². The highest BCUT2D eigenvalue weighted by Gasteiger charge is 2.51. The minimum absolute atomic E-state index is 0.0992. The van der Waals surface area contributed by atoms with Crippen LogP contribution in [0.1, 0.15) is 54.0 Å². The van der Waals surface area contributed by atoms with Crippen LogP contribution in [0.2, 0.25) is 18.1 Å². The van der Waals surface area contributed by atoms with Crippen LogP contribution in [0.4, 0.5) is 5.82 Å². The highest BCUT2D eigenvalue weighted by molar-refractivity contribution is 6.74. The van der Waals surface area contributed by atoms with Crippen molar-refractivity contribution >= 4 is 31.2 Å². The molecule has 57 heavy (non-hydrogen) atoms. The molecule has 7 rings (SSSR count). The third kappa shape index (κ3) is 7.81. The van der Waals surface area contributed by atoms with Gasteiger partial charge in [-0.3, -0.25) is 9.36 Å². The number of rotatable bonds is 13. The third-order valence-electron chi connectivity index (χ3n) is 11.2. The molecule has 0 unspecified atom stereocenters. The number of imidazole rings is 1. The Morgan fingerprint density at radius 1 is 0.807 bits per heavy atom. The van der Waals surface area contributed by atoms with Crippen LogP contribution in [0.15, 0.2) is 122 Å². The number of anilines is 1. The van der Waals surface area contributed by atoms with Crippen molar-refractivity contribution in [3.8, 4) is 11.5 Å². The molecule has 1 amide bonds. The molecule has 2 aromatic heterocycles. The van der Waals surface area contributed by atoms with Gasteiger partial charge in [-0.15, -0.1) is 0 Å². The maximum Gasteiger partial charge on any atom is 0.256 e. The minimum Gasteiger partial charge on any atom is -0.497 e. The molecule has 3 N–H and O–H groups in total. The average Bonchev–Trinajstić information content (AvgIpc) is 3.79. The van der Waals surface area contributed by atoms with Crippen LogP contribution >= 0.6 is 0 Å². The van der Waals surface area contributed by atoms with Crippen molar-refractivity contribution in [2.24, 2.45) is 5.73 Å². The predicted molar refractivity (Wildman–Crippen MR) is 222 cm³/mol. The maximum absolute atomic E-state index is 13.1. The Hall–Kier alpha value is -5.44. The molecule has 1 aliphatic rings. The van der Waals surface area contributed by atoms with Gasteiger partial charge in [-0.1, -0.05) is 93.6 Å². The largest absolute Gasteiger partial charge is 0.497 e. The van der Waals surface area contributed by atoms with Crippen LogP contribution in [0.3, 0.4) is 0 Å². The molecule has 0 bridgehead atoms. The zero-order chi connectivity index (χ0) is 40.4. The van der Waals surface area contributed by atoms with E-state index in [0.29, 0.717) is 16.7 Å². The number of nitrogens with one attached hydrogen (secondary N) is 1. The number of hydrogen-bond donors (Lipinski definition) is 2. The minimum atomic E-state index is -2.42. The Balaban J connectivity index is 1.28. The predicted octanol–water partition coefficient (Wildman–Crippen LogP) is 7.72. The highest BCUT2D eigenvalue weighted by atomic mass is 28.4. The fraction of sp³-hybridized carbons (Fsp3) is 0.318. The van der Waals surface area contributed by atoms with E-state index >= 15 is 0 Å². The molecule has 0 spiro atoms. The van der Waals surface area contributed by atoms with Gasteiger partial charge in [0.15, 0.2) is 31.5 Å². The second kappa shape index (κ2) is 16.2. The van der Waals surface area contributed by atoms with E-state index < -0.39 is 38.4 Å². The molecule has 1 saturated heterocycles. The summed E-state index contributed by atoms with van der Waals surface area (Å²) in [6.07, 6.45) is 1.10. The quantitative estimate of drug-likeness (QED) is 0.0882. The summed E-state index contributed by atoms with van der Waals surface area (Å²) in [5.74, 6) is 1.42. The van der Waals surface area contributed by atoms with E-state index in [1.54, 1.807) is 44.8 Å². The fourth-order valence-electron chi connectivity index (χ4n) is 6.96. The van der Waals surface area contributed by atoms with Crippen molar-refractivity contribution in [2.45, 2.75) is 69.0 Å². The molecule has 1 fully saturated rings. The molecular formula is C44H50N6O6Si. The average molecular weight is 787 g/mol. The summed E-state index contributed by atoms with van der Waals surface area (Å²) < 4.78 is 34.2. The van der Waals surface area contributed by atoms with Crippen molar-refractivity contribution in [2.75, 3.05) is 26.1 Å². The van der Waals surface area contributed by atoms with E-state index in [1.807, 2.05) is 77.4 Å². The highest BCUT2D eigenvalue weighted by Crippen LogP contribution is 2.45. The maximum atomic E-state index is 13.1. The van der Waals surface area contributed by atoms with Crippen LogP contribution in [-0.4, -0.2) is 72.8 Å². The first-order valence-corrected chi connectivity index (χ1v) is 21.9. The smallest absolute Gasteiger partial charge is 0.256 e. The Morgan fingerprint density at radius 2 is 1.37 bits per heavy atom. The molecule has 12 nitrogen and oxygen atoms in total. The van der Waals surface area contributed by atoms with Crippen LogP contribution in [0.25, 0.3) is 11.2 Å². The molecule has 6 aromatic rings. The number of methoxy groups -OCH3 is 2. The lowest BCUT2D eigenvalue weighted by Crippen LogP contribution is -2.51. The normalized spacial score (nSPS) is 18.7. The molecule has 0 aliphatic carbocycles. The van der Waals surface area contributed by atoms with Crippen molar-refractivity contribution < 1.29 is 28.2 Å². The lowest BCUT2D eigenvalue weighted by Gasteiger charge is -2.40. The van der Waals surface area contributed by atoms with Crippen LogP contribution in [-0.2, 0) is 19.5 Å². The van der Waals surface area contributed by atoms with Gasteiger partial charge < -0.3 is 34.4 Å². The molecule has 1 aliphatic heterocycles. The van der Waals surface area contributed by atoms with Crippen molar-refractivity contribution in [1.82, 2.24) is 19.5 Å². The number of nitrogens with two attached hydrogens (primary N) is 1. The van der Waals surface area contributed by atoms with Crippen molar-refractivity contribution in [1.29, 1.82) is 0 Å². The summed E-state index contributed by atoms with van der Waals surface area (Å²) in [6.45, 7) is 11.1. The lowest BCUT2D eigenvalue weighted by atomic mass is 9.80. The molecule has 4 aromatic carbocycles. The fourth-order valence-corrected chi connectivity index (χ4v) is 8.26. The second-order valence-corrected chi connectivity index (χ2v) is 20.4. The van der Waals surface area contributed by atoms with Gasteiger partial charge in [-0.05, 0) is 71.2 Å². The van der Waals surface area contributed by atoms with Gasteiger partial charge in [0.2, 0.25) is 0 Å². The van der Waals surface area contributed by atoms with E-state index in [0.717, 1.165) is 28.2 Å². The number of carbonyl (C=O) groups is 1. The summed E-state index contributed by atoms with van der Waals surface area (Å²) in [5, 5.41) is 2.78. The summed E-state index contributed by atoms with van der Waals surface area (Å²) in [6, 6.07) is 34.2. The van der Waals surface area contributed by atoms with E-state index in [4.69, 9.17) is 29.1 Å². The third-order valence-corrected chi connectivity index (χ3v) is 15.7. The van der Waals surface area contributed by atoms with E-state index in [-0.39, 0.29) is 23.4 Å². The van der Waals surface area contributed by atoms with E-state index in [9.17, 15) is 4.79 Å². The molecule has 0 radical (unpaired) electrons. The summed E-state index contributed by atoms with van der Waals surface area (Å²) in [4.78, 5) is 26.8. The SMILES string of the molecule is COc1ccc(C(OC[C@H]2O[C@@H](n3cnc4c(NC(=O)c5ccccc5)ncnc43)[C@H](O[Si](C)(C)C(C)(C)C)[C@@H]2N)(c2ccccc2)c2ccc(OC)cc2)cc1. The zero-order valence-corrected chi connectivity index (χ0v) is 34.4. The van der Waals surface area contributed by atoms with Gasteiger partial charge in [0.25, 0.3) is 5.91 Å². The first-order chi connectivity index (χ1) is 27.4. The van der Waals surface area contributed by atoms with E-state index in [1.165, 1.54) is 6.33 Å². The van der Waals surface area contributed by atoms with Crippen LogP contribution < -0.4 is 20.5 Å². The Kier molecular flexibility index (Phi) is 11.3. The standard InChI is InChI=1S/C44H50N6O6Si/c1-43(2,3)57(6,7)56-38-36(45)35(55-42(38)50-28-48-37-39(46-27-47-40(37)50)49-41(51)29-14-10-8-11-15-29)26-54-44(30-16-12-9-13-17-30,31-18-22-33(52-4)23-19-31)32-20-24-34(53-5)25-21-32/h8-25,27-28,35-36,38,42H,26,45H2,1-7H3,(H,46,47,49,51)/t35-,36-,38-,42-/m1/s1.